The summed E-state index contributed by atoms with van der Waals surface area (Å²) in [5.74, 6) is -1.13. The van der Waals surface area contributed by atoms with Crippen molar-refractivity contribution in [3.05, 3.63) is 48.0 Å². The standard InChI is InChI=1S/C15H21NO2/c1-4-6-14(15(17)18)10-12-7-5-8-13(9-12)11-16(2)3/h4-5,7-9,14H,1,6,10-11H2,2-3H3,(H,17,18). The quantitative estimate of drug-likeness (QED) is 0.753. The number of rotatable bonds is 7. The van der Waals surface area contributed by atoms with Crippen molar-refractivity contribution in [3.63, 3.8) is 0 Å². The van der Waals surface area contributed by atoms with Crippen LogP contribution in [0.3, 0.4) is 0 Å². The van der Waals surface area contributed by atoms with Crippen LogP contribution in [0.4, 0.5) is 0 Å². The van der Waals surface area contributed by atoms with E-state index in [4.69, 9.17) is 5.11 Å². The molecule has 98 valence electrons. The fraction of sp³-hybridized carbons (Fsp3) is 0.400. The van der Waals surface area contributed by atoms with Crippen molar-refractivity contribution < 1.29 is 9.90 Å². The Labute approximate surface area is 109 Å². The molecule has 18 heavy (non-hydrogen) atoms. The molecule has 0 spiro atoms. The molecule has 1 unspecified atom stereocenters. The van der Waals surface area contributed by atoms with Crippen LogP contribution in [0.1, 0.15) is 17.5 Å². The molecule has 1 atom stereocenters. The van der Waals surface area contributed by atoms with Crippen LogP contribution in [0, 0.1) is 5.92 Å². The van der Waals surface area contributed by atoms with Gasteiger partial charge < -0.3 is 10.0 Å². The van der Waals surface area contributed by atoms with E-state index in [1.165, 1.54) is 5.56 Å². The van der Waals surface area contributed by atoms with Gasteiger partial charge in [-0.1, -0.05) is 30.3 Å². The predicted molar refractivity (Wildman–Crippen MR) is 73.5 cm³/mol. The molecule has 0 saturated carbocycles. The van der Waals surface area contributed by atoms with Crippen molar-refractivity contribution in [1.82, 2.24) is 4.90 Å². The Morgan fingerprint density at radius 1 is 1.44 bits per heavy atom. The van der Waals surface area contributed by atoms with Gasteiger partial charge in [-0.2, -0.15) is 0 Å². The van der Waals surface area contributed by atoms with Crippen LogP contribution in [0.5, 0.6) is 0 Å². The summed E-state index contributed by atoms with van der Waals surface area (Å²) in [6.07, 6.45) is 2.73. The highest BCUT2D eigenvalue weighted by molar-refractivity contribution is 5.70. The van der Waals surface area contributed by atoms with Gasteiger partial charge in [-0.3, -0.25) is 4.79 Å². The van der Waals surface area contributed by atoms with Crippen molar-refractivity contribution >= 4 is 5.97 Å². The lowest BCUT2D eigenvalue weighted by atomic mass is 9.95. The molecule has 0 amide bonds. The van der Waals surface area contributed by atoms with E-state index in [1.807, 2.05) is 26.2 Å². The minimum atomic E-state index is -0.757. The molecule has 0 aliphatic rings. The average molecular weight is 247 g/mol. The molecule has 3 nitrogen and oxygen atoms in total. The Balaban J connectivity index is 2.76. The van der Waals surface area contributed by atoms with Crippen molar-refractivity contribution in [2.45, 2.75) is 19.4 Å². The van der Waals surface area contributed by atoms with Gasteiger partial charge in [0.05, 0.1) is 5.92 Å². The highest BCUT2D eigenvalue weighted by atomic mass is 16.4. The molecule has 3 heteroatoms. The number of aliphatic carboxylic acids is 1. The third-order valence-electron chi connectivity index (χ3n) is 2.77. The van der Waals surface area contributed by atoms with Crippen LogP contribution in [0.25, 0.3) is 0 Å². The first-order valence-corrected chi connectivity index (χ1v) is 6.09. The lowest BCUT2D eigenvalue weighted by molar-refractivity contribution is -0.141. The summed E-state index contributed by atoms with van der Waals surface area (Å²) in [5, 5.41) is 9.12. The smallest absolute Gasteiger partial charge is 0.307 e. The van der Waals surface area contributed by atoms with Crippen LogP contribution in [-0.2, 0) is 17.8 Å². The topological polar surface area (TPSA) is 40.5 Å². The van der Waals surface area contributed by atoms with Crippen LogP contribution >= 0.6 is 0 Å². The maximum atomic E-state index is 11.1. The maximum Gasteiger partial charge on any atom is 0.307 e. The molecule has 1 aromatic rings. The molecule has 0 radical (unpaired) electrons. The number of carboxylic acid groups (broad SMARTS) is 1. The second-order valence-electron chi connectivity index (χ2n) is 4.82. The summed E-state index contributed by atoms with van der Waals surface area (Å²) in [7, 11) is 4.04. The van der Waals surface area contributed by atoms with E-state index in [0.29, 0.717) is 12.8 Å². The van der Waals surface area contributed by atoms with Gasteiger partial charge in [0.2, 0.25) is 0 Å². The number of nitrogens with zero attached hydrogens (tertiary/aromatic N) is 1. The predicted octanol–water partition coefficient (Wildman–Crippen LogP) is 2.57. The number of carboxylic acids is 1. The van der Waals surface area contributed by atoms with Crippen molar-refractivity contribution in [1.29, 1.82) is 0 Å². The van der Waals surface area contributed by atoms with E-state index in [-0.39, 0.29) is 5.92 Å². The van der Waals surface area contributed by atoms with Gasteiger partial charge in [-0.05, 0) is 38.1 Å². The largest absolute Gasteiger partial charge is 0.481 e. The number of hydrogen-bond donors (Lipinski definition) is 1. The van der Waals surface area contributed by atoms with Crippen LogP contribution in [0.15, 0.2) is 36.9 Å². The summed E-state index contributed by atoms with van der Waals surface area (Å²) in [6.45, 7) is 4.48. The fourth-order valence-corrected chi connectivity index (χ4v) is 1.98. The highest BCUT2D eigenvalue weighted by Gasteiger charge is 2.16. The van der Waals surface area contributed by atoms with Crippen LogP contribution < -0.4 is 0 Å². The number of hydrogen-bond acceptors (Lipinski definition) is 2. The third kappa shape index (κ3) is 4.72. The van der Waals surface area contributed by atoms with Crippen molar-refractivity contribution in [3.8, 4) is 0 Å². The molecule has 0 aliphatic carbocycles. The van der Waals surface area contributed by atoms with E-state index in [0.717, 1.165) is 12.1 Å². The zero-order valence-corrected chi connectivity index (χ0v) is 11.1. The minimum Gasteiger partial charge on any atom is -0.481 e. The molecule has 0 fully saturated rings. The van der Waals surface area contributed by atoms with E-state index < -0.39 is 5.97 Å². The summed E-state index contributed by atoms with van der Waals surface area (Å²) >= 11 is 0. The number of benzene rings is 1. The summed E-state index contributed by atoms with van der Waals surface area (Å²) < 4.78 is 0. The SMILES string of the molecule is C=CCC(Cc1cccc(CN(C)C)c1)C(=O)O. The second-order valence-corrected chi connectivity index (χ2v) is 4.82. The van der Waals surface area contributed by atoms with Gasteiger partial charge in [-0.25, -0.2) is 0 Å². The van der Waals surface area contributed by atoms with Crippen LogP contribution in [0.2, 0.25) is 0 Å². The van der Waals surface area contributed by atoms with E-state index >= 15 is 0 Å². The summed E-state index contributed by atoms with van der Waals surface area (Å²) in [4.78, 5) is 13.2. The summed E-state index contributed by atoms with van der Waals surface area (Å²) in [6, 6.07) is 8.12. The van der Waals surface area contributed by atoms with E-state index in [9.17, 15) is 4.79 Å². The summed E-state index contributed by atoms with van der Waals surface area (Å²) in [5.41, 5.74) is 2.28. The lowest BCUT2D eigenvalue weighted by Gasteiger charge is -2.13. The molecular weight excluding hydrogens is 226 g/mol. The van der Waals surface area contributed by atoms with Gasteiger partial charge in [-0.15, -0.1) is 6.58 Å². The lowest BCUT2D eigenvalue weighted by Crippen LogP contribution is -2.16. The molecule has 1 aromatic carbocycles. The Morgan fingerprint density at radius 2 is 2.11 bits per heavy atom. The molecule has 1 rings (SSSR count). The molecular formula is C15H21NO2. The number of allylic oxidation sites excluding steroid dienone is 1. The second kappa shape index (κ2) is 6.97. The van der Waals surface area contributed by atoms with Crippen LogP contribution in [-0.4, -0.2) is 30.1 Å². The Hall–Kier alpha value is -1.61. The van der Waals surface area contributed by atoms with Gasteiger partial charge >= 0.3 is 5.97 Å². The minimum absolute atomic E-state index is 0.378. The highest BCUT2D eigenvalue weighted by Crippen LogP contribution is 2.15. The van der Waals surface area contributed by atoms with E-state index in [2.05, 4.69) is 23.6 Å². The third-order valence-corrected chi connectivity index (χ3v) is 2.77. The first kappa shape index (κ1) is 14.5. The van der Waals surface area contributed by atoms with Gasteiger partial charge in [0.15, 0.2) is 0 Å². The average Bonchev–Trinajstić information content (AvgIpc) is 2.28. The molecule has 0 heterocycles. The Kier molecular flexibility index (Phi) is 5.59. The Morgan fingerprint density at radius 3 is 2.67 bits per heavy atom. The monoisotopic (exact) mass is 247 g/mol. The zero-order chi connectivity index (χ0) is 13.5. The molecule has 0 bridgehead atoms. The first-order valence-electron chi connectivity index (χ1n) is 6.09. The Bertz CT molecular complexity index is 413. The van der Waals surface area contributed by atoms with E-state index in [1.54, 1.807) is 6.08 Å². The zero-order valence-electron chi connectivity index (χ0n) is 11.1. The normalized spacial score (nSPS) is 12.4. The first-order chi connectivity index (χ1) is 8.52. The number of carbonyl (C=O) groups is 1. The molecule has 0 aliphatic heterocycles. The fourth-order valence-electron chi connectivity index (χ4n) is 1.98. The van der Waals surface area contributed by atoms with Gasteiger partial charge in [0, 0.05) is 6.54 Å². The van der Waals surface area contributed by atoms with Gasteiger partial charge in [0.1, 0.15) is 0 Å². The van der Waals surface area contributed by atoms with Crippen molar-refractivity contribution in [2.75, 3.05) is 14.1 Å². The molecule has 1 N–H and O–H groups in total. The maximum absolute atomic E-state index is 11.1. The molecule has 0 saturated heterocycles. The van der Waals surface area contributed by atoms with Crippen molar-refractivity contribution in [2.24, 2.45) is 5.92 Å². The molecule has 0 aromatic heterocycles. The van der Waals surface area contributed by atoms with Gasteiger partial charge in [0.25, 0.3) is 0 Å².